The van der Waals surface area contributed by atoms with E-state index >= 15 is 0 Å². The molecule has 2 aliphatic heterocycles. The predicted octanol–water partition coefficient (Wildman–Crippen LogP) is 2.62. The van der Waals surface area contributed by atoms with Gasteiger partial charge in [0.1, 0.15) is 0 Å². The smallest absolute Gasteiger partial charge is 0.227 e. The van der Waals surface area contributed by atoms with Crippen molar-refractivity contribution in [1.29, 1.82) is 0 Å². The van der Waals surface area contributed by atoms with Crippen LogP contribution in [0.15, 0.2) is 30.3 Å². The molecule has 2 heterocycles. The fraction of sp³-hybridized carbons (Fsp3) is 0.667. The molecule has 3 aliphatic rings. The molecule has 4 heteroatoms. The van der Waals surface area contributed by atoms with Gasteiger partial charge in [-0.25, -0.2) is 0 Å². The van der Waals surface area contributed by atoms with Crippen LogP contribution in [0.2, 0.25) is 0 Å². The molecule has 4 rings (SSSR count). The van der Waals surface area contributed by atoms with Gasteiger partial charge in [0.25, 0.3) is 0 Å². The third kappa shape index (κ3) is 3.00. The van der Waals surface area contributed by atoms with Crippen LogP contribution in [0, 0.1) is 11.8 Å². The molecule has 0 aromatic heterocycles. The first kappa shape index (κ1) is 17.0. The molecule has 136 valence electrons. The van der Waals surface area contributed by atoms with E-state index in [9.17, 15) is 9.90 Å². The summed E-state index contributed by atoms with van der Waals surface area (Å²) in [4.78, 5) is 17.6. The number of aliphatic hydroxyl groups is 1. The third-order valence-electron chi connectivity index (χ3n) is 6.77. The van der Waals surface area contributed by atoms with E-state index in [1.165, 1.54) is 6.42 Å². The number of piperidine rings is 1. The SMILES string of the molecule is CN1CCC(C(=O)N2CCC(O)(c3ccccc3)[C@H]3CCCC[C@H]32)C1. The summed E-state index contributed by atoms with van der Waals surface area (Å²) in [6.07, 6.45) is 6.02. The summed E-state index contributed by atoms with van der Waals surface area (Å²) in [7, 11) is 2.10. The number of hydrogen-bond acceptors (Lipinski definition) is 3. The fourth-order valence-corrected chi connectivity index (χ4v) is 5.41. The van der Waals surface area contributed by atoms with Crippen LogP contribution in [0.1, 0.15) is 44.1 Å². The molecule has 0 radical (unpaired) electrons. The summed E-state index contributed by atoms with van der Waals surface area (Å²) in [6.45, 7) is 2.59. The molecule has 0 spiro atoms. The normalized spacial score (nSPS) is 36.2. The van der Waals surface area contributed by atoms with Crippen LogP contribution in [0.4, 0.5) is 0 Å². The Hall–Kier alpha value is -1.39. The average Bonchev–Trinajstić information content (AvgIpc) is 3.09. The summed E-state index contributed by atoms with van der Waals surface area (Å²) in [5.41, 5.74) is 0.245. The average molecular weight is 342 g/mol. The van der Waals surface area contributed by atoms with Crippen LogP contribution in [0.25, 0.3) is 0 Å². The molecule has 2 saturated heterocycles. The van der Waals surface area contributed by atoms with E-state index in [1.54, 1.807) is 0 Å². The first-order valence-electron chi connectivity index (χ1n) is 9.86. The van der Waals surface area contributed by atoms with Gasteiger partial charge in [-0.05, 0) is 44.8 Å². The highest BCUT2D eigenvalue weighted by atomic mass is 16.3. The monoisotopic (exact) mass is 342 g/mol. The van der Waals surface area contributed by atoms with Gasteiger partial charge in [-0.3, -0.25) is 4.79 Å². The van der Waals surface area contributed by atoms with E-state index in [4.69, 9.17) is 0 Å². The van der Waals surface area contributed by atoms with Crippen LogP contribution in [0.5, 0.6) is 0 Å². The number of fused-ring (bicyclic) bond motifs is 1. The van der Waals surface area contributed by atoms with Crippen molar-refractivity contribution in [3.8, 4) is 0 Å². The Labute approximate surface area is 150 Å². The Morgan fingerprint density at radius 3 is 2.60 bits per heavy atom. The minimum absolute atomic E-state index is 0.149. The summed E-state index contributed by atoms with van der Waals surface area (Å²) in [5, 5.41) is 11.6. The summed E-state index contributed by atoms with van der Waals surface area (Å²) < 4.78 is 0. The van der Waals surface area contributed by atoms with Gasteiger partial charge in [0.15, 0.2) is 0 Å². The molecule has 25 heavy (non-hydrogen) atoms. The molecular weight excluding hydrogens is 312 g/mol. The first-order chi connectivity index (χ1) is 12.1. The molecule has 3 fully saturated rings. The van der Waals surface area contributed by atoms with Crippen LogP contribution in [-0.4, -0.2) is 53.5 Å². The molecule has 1 aromatic rings. The van der Waals surface area contributed by atoms with Gasteiger partial charge >= 0.3 is 0 Å². The molecule has 1 N–H and O–H groups in total. The maximum atomic E-state index is 13.2. The first-order valence-corrected chi connectivity index (χ1v) is 9.86. The minimum Gasteiger partial charge on any atom is -0.385 e. The van der Waals surface area contributed by atoms with Crippen molar-refractivity contribution in [1.82, 2.24) is 9.80 Å². The highest BCUT2D eigenvalue weighted by molar-refractivity contribution is 5.80. The van der Waals surface area contributed by atoms with Gasteiger partial charge < -0.3 is 14.9 Å². The van der Waals surface area contributed by atoms with Crippen molar-refractivity contribution >= 4 is 5.91 Å². The van der Waals surface area contributed by atoms with E-state index in [-0.39, 0.29) is 17.9 Å². The molecule has 1 amide bonds. The highest BCUT2D eigenvalue weighted by Crippen LogP contribution is 2.47. The molecule has 1 saturated carbocycles. The van der Waals surface area contributed by atoms with E-state index < -0.39 is 5.60 Å². The lowest BCUT2D eigenvalue weighted by atomic mass is 9.66. The lowest BCUT2D eigenvalue weighted by Gasteiger charge is -2.53. The van der Waals surface area contributed by atoms with Crippen molar-refractivity contribution in [3.05, 3.63) is 35.9 Å². The van der Waals surface area contributed by atoms with Gasteiger partial charge in [0.2, 0.25) is 5.91 Å². The van der Waals surface area contributed by atoms with Crippen molar-refractivity contribution in [2.75, 3.05) is 26.7 Å². The molecular formula is C21H30N2O2. The number of nitrogens with zero attached hydrogens (tertiary/aromatic N) is 2. The number of rotatable bonds is 2. The highest BCUT2D eigenvalue weighted by Gasteiger charge is 2.51. The number of benzene rings is 1. The summed E-state index contributed by atoms with van der Waals surface area (Å²) >= 11 is 0. The van der Waals surface area contributed by atoms with Crippen LogP contribution in [-0.2, 0) is 10.4 Å². The lowest BCUT2D eigenvalue weighted by molar-refractivity contribution is -0.158. The van der Waals surface area contributed by atoms with Gasteiger partial charge in [0, 0.05) is 25.0 Å². The maximum absolute atomic E-state index is 13.2. The molecule has 2 unspecified atom stereocenters. The predicted molar refractivity (Wildman–Crippen MR) is 98.0 cm³/mol. The van der Waals surface area contributed by atoms with Crippen LogP contribution >= 0.6 is 0 Å². The largest absolute Gasteiger partial charge is 0.385 e. The topological polar surface area (TPSA) is 43.8 Å². The van der Waals surface area contributed by atoms with Crippen molar-refractivity contribution in [2.24, 2.45) is 11.8 Å². The van der Waals surface area contributed by atoms with Crippen molar-refractivity contribution in [2.45, 2.75) is 50.2 Å². The number of hydrogen-bond donors (Lipinski definition) is 1. The van der Waals surface area contributed by atoms with E-state index in [1.807, 2.05) is 18.2 Å². The van der Waals surface area contributed by atoms with E-state index in [0.717, 1.165) is 44.3 Å². The zero-order valence-electron chi connectivity index (χ0n) is 15.2. The summed E-state index contributed by atoms with van der Waals surface area (Å²) in [6, 6.07) is 10.3. The lowest BCUT2D eigenvalue weighted by Crippen LogP contribution is -2.60. The molecule has 4 atom stereocenters. The number of carbonyl (C=O) groups is 1. The second-order valence-electron chi connectivity index (χ2n) is 8.28. The van der Waals surface area contributed by atoms with Crippen LogP contribution in [0.3, 0.4) is 0 Å². The van der Waals surface area contributed by atoms with E-state index in [0.29, 0.717) is 18.9 Å². The Balaban J connectivity index is 1.59. The standard InChI is InChI=1S/C21H30N2O2/c1-22-13-11-16(15-22)20(24)23-14-12-21(25,17-7-3-2-4-8-17)18-9-5-6-10-19(18)23/h2-4,7-8,16,18-19,25H,5-6,9-15H2,1H3/t16?,18-,19+,21?/m0/s1. The van der Waals surface area contributed by atoms with Gasteiger partial charge in [-0.1, -0.05) is 43.2 Å². The van der Waals surface area contributed by atoms with Crippen LogP contribution < -0.4 is 0 Å². The quantitative estimate of drug-likeness (QED) is 0.898. The van der Waals surface area contributed by atoms with Crippen molar-refractivity contribution < 1.29 is 9.90 Å². The third-order valence-corrected chi connectivity index (χ3v) is 6.77. The number of amides is 1. The molecule has 0 bridgehead atoms. The molecule has 1 aliphatic carbocycles. The minimum atomic E-state index is -0.782. The summed E-state index contributed by atoms with van der Waals surface area (Å²) in [5.74, 6) is 0.646. The Bertz CT molecular complexity index is 620. The number of likely N-dealkylation sites (tertiary alicyclic amines) is 2. The number of carbonyl (C=O) groups excluding carboxylic acids is 1. The molecule has 1 aromatic carbocycles. The molecule has 4 nitrogen and oxygen atoms in total. The van der Waals surface area contributed by atoms with Gasteiger partial charge in [-0.15, -0.1) is 0 Å². The maximum Gasteiger partial charge on any atom is 0.227 e. The zero-order chi connectivity index (χ0) is 17.4. The Morgan fingerprint density at radius 2 is 1.88 bits per heavy atom. The van der Waals surface area contributed by atoms with E-state index in [2.05, 4.69) is 29.0 Å². The second-order valence-corrected chi connectivity index (χ2v) is 8.28. The van der Waals surface area contributed by atoms with Crippen molar-refractivity contribution in [3.63, 3.8) is 0 Å². The second kappa shape index (κ2) is 6.73. The Morgan fingerprint density at radius 1 is 1.12 bits per heavy atom. The van der Waals surface area contributed by atoms with Gasteiger partial charge in [-0.2, -0.15) is 0 Å². The van der Waals surface area contributed by atoms with Gasteiger partial charge in [0.05, 0.1) is 11.5 Å². The zero-order valence-corrected chi connectivity index (χ0v) is 15.2. The fourth-order valence-electron chi connectivity index (χ4n) is 5.41. The Kier molecular flexibility index (Phi) is 4.59.